The minimum Gasteiger partial charge on any atom is -0.300 e. The van der Waals surface area contributed by atoms with E-state index >= 15 is 0 Å². The van der Waals surface area contributed by atoms with E-state index in [1.54, 1.807) is 6.20 Å². The smallest absolute Gasteiger partial charge is 0.155 e. The van der Waals surface area contributed by atoms with E-state index in [9.17, 15) is 0 Å². The second-order valence-electron chi connectivity index (χ2n) is 10.1. The zero-order chi connectivity index (χ0) is 25.4. The highest BCUT2D eigenvalue weighted by atomic mass is 35.5. The number of rotatable bonds is 8. The standard InChI is InChI=1S/C31H32ClN5/c1-3-15-36(16-4-2)25-18-24(19-25)31-35-28(29-30(32)33-14-17-37(29)31)23-11-10-22-12-13-26(34-27(22)20-23)21-8-6-5-7-9-21/h5-14,17,20,24-25H,3-4,15-16,18-19H2,1-2H3. The van der Waals surface area contributed by atoms with Crippen LogP contribution in [-0.4, -0.2) is 43.4 Å². The molecule has 3 aromatic heterocycles. The van der Waals surface area contributed by atoms with Gasteiger partial charge in [-0.15, -0.1) is 0 Å². The second-order valence-corrected chi connectivity index (χ2v) is 10.4. The molecule has 0 spiro atoms. The van der Waals surface area contributed by atoms with Crippen molar-refractivity contribution in [1.82, 2.24) is 24.3 Å². The number of halogens is 1. The molecule has 0 amide bonds. The number of aromatic nitrogens is 4. The first-order chi connectivity index (χ1) is 18.2. The summed E-state index contributed by atoms with van der Waals surface area (Å²) >= 11 is 6.68. The molecule has 0 bridgehead atoms. The van der Waals surface area contributed by atoms with Crippen LogP contribution in [0, 0.1) is 0 Å². The van der Waals surface area contributed by atoms with E-state index in [2.05, 4.69) is 70.6 Å². The number of imidazole rings is 1. The van der Waals surface area contributed by atoms with Crippen molar-refractivity contribution in [3.63, 3.8) is 0 Å². The summed E-state index contributed by atoms with van der Waals surface area (Å²) in [5.74, 6) is 1.51. The molecule has 188 valence electrons. The van der Waals surface area contributed by atoms with Crippen molar-refractivity contribution in [2.75, 3.05) is 13.1 Å². The van der Waals surface area contributed by atoms with Gasteiger partial charge in [0.2, 0.25) is 0 Å². The van der Waals surface area contributed by atoms with E-state index < -0.39 is 0 Å². The molecule has 0 aliphatic heterocycles. The molecule has 2 aromatic carbocycles. The van der Waals surface area contributed by atoms with Crippen LogP contribution in [0.3, 0.4) is 0 Å². The van der Waals surface area contributed by atoms with Crippen LogP contribution in [0.5, 0.6) is 0 Å². The summed E-state index contributed by atoms with van der Waals surface area (Å²) in [5, 5.41) is 1.59. The fourth-order valence-corrected chi connectivity index (χ4v) is 5.93. The van der Waals surface area contributed by atoms with Crippen molar-refractivity contribution in [1.29, 1.82) is 0 Å². The summed E-state index contributed by atoms with van der Waals surface area (Å²) in [5.41, 5.74) is 5.78. The molecule has 5 nitrogen and oxygen atoms in total. The van der Waals surface area contributed by atoms with Crippen LogP contribution in [0.1, 0.15) is 51.3 Å². The molecule has 6 rings (SSSR count). The summed E-state index contributed by atoms with van der Waals surface area (Å²) < 4.78 is 2.16. The Morgan fingerprint density at radius 1 is 0.919 bits per heavy atom. The highest BCUT2D eigenvalue weighted by Gasteiger charge is 2.37. The molecule has 0 saturated heterocycles. The van der Waals surface area contributed by atoms with Gasteiger partial charge in [-0.3, -0.25) is 4.40 Å². The van der Waals surface area contributed by atoms with Crippen molar-refractivity contribution in [2.45, 2.75) is 51.5 Å². The van der Waals surface area contributed by atoms with E-state index in [4.69, 9.17) is 21.6 Å². The molecule has 0 unspecified atom stereocenters. The summed E-state index contributed by atoms with van der Waals surface area (Å²) in [6.07, 6.45) is 8.44. The predicted molar refractivity (Wildman–Crippen MR) is 152 cm³/mol. The molecule has 5 aromatic rings. The predicted octanol–water partition coefficient (Wildman–Crippen LogP) is 7.63. The van der Waals surface area contributed by atoms with Crippen LogP contribution in [0.4, 0.5) is 0 Å². The van der Waals surface area contributed by atoms with Crippen molar-refractivity contribution in [2.24, 2.45) is 0 Å². The maximum absolute atomic E-state index is 6.68. The third-order valence-electron chi connectivity index (χ3n) is 7.59. The zero-order valence-electron chi connectivity index (χ0n) is 21.4. The van der Waals surface area contributed by atoms with Gasteiger partial charge in [-0.25, -0.2) is 15.0 Å². The number of benzene rings is 2. The van der Waals surface area contributed by atoms with Gasteiger partial charge in [0.15, 0.2) is 5.15 Å². The molecule has 1 fully saturated rings. The van der Waals surface area contributed by atoms with Crippen molar-refractivity contribution in [3.8, 4) is 22.5 Å². The molecule has 0 atom stereocenters. The van der Waals surface area contributed by atoms with Crippen LogP contribution in [-0.2, 0) is 0 Å². The Labute approximate surface area is 223 Å². The zero-order valence-corrected chi connectivity index (χ0v) is 22.2. The van der Waals surface area contributed by atoms with Gasteiger partial charge >= 0.3 is 0 Å². The number of nitrogens with zero attached hydrogens (tertiary/aromatic N) is 5. The fourth-order valence-electron chi connectivity index (χ4n) is 5.70. The third-order valence-corrected chi connectivity index (χ3v) is 7.87. The largest absolute Gasteiger partial charge is 0.300 e. The first-order valence-corrected chi connectivity index (χ1v) is 13.8. The summed E-state index contributed by atoms with van der Waals surface area (Å²) in [7, 11) is 0. The second kappa shape index (κ2) is 10.2. The molecular weight excluding hydrogens is 478 g/mol. The lowest BCUT2D eigenvalue weighted by molar-refractivity contribution is 0.105. The van der Waals surface area contributed by atoms with Crippen molar-refractivity contribution >= 4 is 28.0 Å². The Morgan fingerprint density at radius 2 is 1.68 bits per heavy atom. The van der Waals surface area contributed by atoms with Crippen LogP contribution < -0.4 is 0 Å². The number of hydrogen-bond donors (Lipinski definition) is 0. The Balaban J connectivity index is 1.38. The molecule has 1 saturated carbocycles. The molecule has 37 heavy (non-hydrogen) atoms. The van der Waals surface area contributed by atoms with Gasteiger partial charge in [0.1, 0.15) is 11.3 Å². The van der Waals surface area contributed by atoms with Gasteiger partial charge < -0.3 is 4.90 Å². The molecule has 1 aliphatic carbocycles. The summed E-state index contributed by atoms with van der Waals surface area (Å²) in [4.78, 5) is 17.2. The molecular formula is C31H32ClN5. The summed E-state index contributed by atoms with van der Waals surface area (Å²) in [6.45, 7) is 6.88. The van der Waals surface area contributed by atoms with Gasteiger partial charge in [0, 0.05) is 40.9 Å². The van der Waals surface area contributed by atoms with Gasteiger partial charge in [-0.1, -0.05) is 74.0 Å². The van der Waals surface area contributed by atoms with E-state index in [0.717, 1.165) is 57.6 Å². The quantitative estimate of drug-likeness (QED) is 0.216. The fraction of sp³-hybridized carbons (Fsp3) is 0.323. The van der Waals surface area contributed by atoms with Gasteiger partial charge in [0.25, 0.3) is 0 Å². The lowest BCUT2D eigenvalue weighted by atomic mass is 9.78. The Hall–Kier alpha value is -3.28. The molecule has 3 heterocycles. The minimum atomic E-state index is 0.421. The lowest BCUT2D eigenvalue weighted by Crippen LogP contribution is -2.45. The Morgan fingerprint density at radius 3 is 2.43 bits per heavy atom. The number of pyridine rings is 1. The highest BCUT2D eigenvalue weighted by molar-refractivity contribution is 6.33. The highest BCUT2D eigenvalue weighted by Crippen LogP contribution is 2.42. The van der Waals surface area contributed by atoms with Crippen LogP contribution in [0.15, 0.2) is 73.1 Å². The SMILES string of the molecule is CCCN(CCC)C1CC(c2nc(-c3ccc4ccc(-c5ccccc5)nc4c3)c3c(Cl)nccn23)C1. The third kappa shape index (κ3) is 4.51. The average Bonchev–Trinajstić information content (AvgIpc) is 3.28. The van der Waals surface area contributed by atoms with Crippen molar-refractivity contribution in [3.05, 3.63) is 84.0 Å². The van der Waals surface area contributed by atoms with Gasteiger partial charge in [0.05, 0.1) is 16.9 Å². The molecule has 0 radical (unpaired) electrons. The van der Waals surface area contributed by atoms with Crippen LogP contribution in [0.2, 0.25) is 5.15 Å². The Kier molecular flexibility index (Phi) is 6.66. The molecule has 6 heteroatoms. The van der Waals surface area contributed by atoms with E-state index in [0.29, 0.717) is 17.1 Å². The maximum Gasteiger partial charge on any atom is 0.155 e. The van der Waals surface area contributed by atoms with Gasteiger partial charge in [-0.05, 0) is 50.9 Å². The topological polar surface area (TPSA) is 46.3 Å². The molecule has 0 N–H and O–H groups in total. The van der Waals surface area contributed by atoms with Crippen molar-refractivity contribution < 1.29 is 0 Å². The summed E-state index contributed by atoms with van der Waals surface area (Å²) in [6, 6.07) is 21.5. The monoisotopic (exact) mass is 509 g/mol. The first kappa shape index (κ1) is 24.1. The van der Waals surface area contributed by atoms with Crippen LogP contribution in [0.25, 0.3) is 38.9 Å². The Bertz CT molecular complexity index is 1530. The first-order valence-electron chi connectivity index (χ1n) is 13.4. The lowest BCUT2D eigenvalue weighted by Gasteiger charge is -2.42. The number of fused-ring (bicyclic) bond motifs is 2. The maximum atomic E-state index is 6.68. The van der Waals surface area contributed by atoms with E-state index in [1.807, 2.05) is 24.4 Å². The van der Waals surface area contributed by atoms with Gasteiger partial charge in [-0.2, -0.15) is 0 Å². The normalized spacial score (nSPS) is 17.5. The van der Waals surface area contributed by atoms with Crippen LogP contribution >= 0.6 is 11.6 Å². The minimum absolute atomic E-state index is 0.421. The molecule has 1 aliphatic rings. The van der Waals surface area contributed by atoms with E-state index in [1.165, 1.54) is 25.9 Å². The average molecular weight is 510 g/mol. The number of hydrogen-bond acceptors (Lipinski definition) is 4. The van der Waals surface area contributed by atoms with E-state index in [-0.39, 0.29) is 0 Å².